The molecule has 0 saturated carbocycles. The maximum Gasteiger partial charge on any atom is 0.309 e. The third-order valence-electron chi connectivity index (χ3n) is 3.39. The molecule has 0 radical (unpaired) electrons. The van der Waals surface area contributed by atoms with Gasteiger partial charge in [0.1, 0.15) is 0 Å². The number of aromatic nitrogens is 2. The van der Waals surface area contributed by atoms with E-state index in [1.54, 1.807) is 25.1 Å². The van der Waals surface area contributed by atoms with Crippen molar-refractivity contribution in [3.8, 4) is 0 Å². The van der Waals surface area contributed by atoms with Crippen LogP contribution in [0.1, 0.15) is 30.3 Å². The molecular weight excluding hydrogens is 282 g/mol. The van der Waals surface area contributed by atoms with E-state index in [0.717, 1.165) is 0 Å². The van der Waals surface area contributed by atoms with Crippen LogP contribution in [0.5, 0.6) is 0 Å². The van der Waals surface area contributed by atoms with Crippen LogP contribution in [0.15, 0.2) is 6.20 Å². The van der Waals surface area contributed by atoms with Crippen molar-refractivity contribution in [1.29, 1.82) is 0 Å². The fourth-order valence-electron chi connectivity index (χ4n) is 2.33. The van der Waals surface area contributed by atoms with Crippen molar-refractivity contribution < 1.29 is 14.3 Å². The SMILES string of the molecule is CCOC(=O)C1CCN(C(=O)c2nn(C)cc2Cl)CC1. The van der Waals surface area contributed by atoms with Crippen LogP contribution in [0.25, 0.3) is 0 Å². The quantitative estimate of drug-likeness (QED) is 0.793. The molecule has 2 rings (SSSR count). The predicted octanol–water partition coefficient (Wildman–Crippen LogP) is 1.49. The summed E-state index contributed by atoms with van der Waals surface area (Å²) in [4.78, 5) is 25.6. The Kier molecular flexibility index (Phi) is 4.65. The second-order valence-corrected chi connectivity index (χ2v) is 5.23. The Labute approximate surface area is 122 Å². The summed E-state index contributed by atoms with van der Waals surface area (Å²) in [6.07, 6.45) is 2.84. The average Bonchev–Trinajstić information content (AvgIpc) is 2.77. The molecule has 2 heterocycles. The van der Waals surface area contributed by atoms with Crippen LogP contribution in [-0.4, -0.2) is 46.3 Å². The average molecular weight is 300 g/mol. The molecular formula is C13H18ClN3O3. The highest BCUT2D eigenvalue weighted by Gasteiger charge is 2.30. The Morgan fingerprint density at radius 3 is 2.60 bits per heavy atom. The van der Waals surface area contributed by atoms with Gasteiger partial charge in [0.05, 0.1) is 17.5 Å². The molecule has 1 aliphatic rings. The normalized spacial score (nSPS) is 16.2. The van der Waals surface area contributed by atoms with Gasteiger partial charge in [-0.05, 0) is 19.8 Å². The van der Waals surface area contributed by atoms with Crippen LogP contribution in [0, 0.1) is 5.92 Å². The van der Waals surface area contributed by atoms with E-state index in [2.05, 4.69) is 5.10 Å². The first-order valence-corrected chi connectivity index (χ1v) is 7.05. The minimum absolute atomic E-state index is 0.113. The van der Waals surface area contributed by atoms with E-state index >= 15 is 0 Å². The van der Waals surface area contributed by atoms with Gasteiger partial charge in [0.2, 0.25) is 0 Å². The van der Waals surface area contributed by atoms with E-state index in [1.165, 1.54) is 4.68 Å². The zero-order chi connectivity index (χ0) is 14.7. The lowest BCUT2D eigenvalue weighted by Crippen LogP contribution is -2.41. The van der Waals surface area contributed by atoms with Gasteiger partial charge in [-0.3, -0.25) is 14.3 Å². The van der Waals surface area contributed by atoms with Crippen LogP contribution < -0.4 is 0 Å². The topological polar surface area (TPSA) is 64.4 Å². The number of amides is 1. The summed E-state index contributed by atoms with van der Waals surface area (Å²) in [6, 6.07) is 0. The van der Waals surface area contributed by atoms with Gasteiger partial charge < -0.3 is 9.64 Å². The monoisotopic (exact) mass is 299 g/mol. The molecule has 1 aromatic rings. The highest BCUT2D eigenvalue weighted by Crippen LogP contribution is 2.22. The third kappa shape index (κ3) is 3.12. The molecule has 6 nitrogen and oxygen atoms in total. The number of likely N-dealkylation sites (tertiary alicyclic amines) is 1. The first kappa shape index (κ1) is 14.8. The van der Waals surface area contributed by atoms with Crippen molar-refractivity contribution >= 4 is 23.5 Å². The Bertz CT molecular complexity index is 507. The second kappa shape index (κ2) is 6.26. The Morgan fingerprint density at radius 2 is 2.10 bits per heavy atom. The molecule has 1 aliphatic heterocycles. The number of aryl methyl sites for hydroxylation is 1. The van der Waals surface area contributed by atoms with Crippen molar-refractivity contribution in [3.63, 3.8) is 0 Å². The van der Waals surface area contributed by atoms with E-state index in [0.29, 0.717) is 37.6 Å². The van der Waals surface area contributed by atoms with E-state index < -0.39 is 0 Å². The van der Waals surface area contributed by atoms with Gasteiger partial charge in [0.15, 0.2) is 5.69 Å². The predicted molar refractivity (Wildman–Crippen MR) is 73.5 cm³/mol. The lowest BCUT2D eigenvalue weighted by molar-refractivity contribution is -0.149. The van der Waals surface area contributed by atoms with Gasteiger partial charge in [-0.2, -0.15) is 5.10 Å². The van der Waals surface area contributed by atoms with Crippen molar-refractivity contribution in [2.75, 3.05) is 19.7 Å². The molecule has 0 aliphatic carbocycles. The Balaban J connectivity index is 1.95. The molecule has 0 atom stereocenters. The molecule has 7 heteroatoms. The van der Waals surface area contributed by atoms with E-state index in [-0.39, 0.29) is 23.5 Å². The number of halogens is 1. The van der Waals surface area contributed by atoms with Gasteiger partial charge in [-0.1, -0.05) is 11.6 Å². The Morgan fingerprint density at radius 1 is 1.45 bits per heavy atom. The minimum atomic E-state index is -0.182. The molecule has 0 bridgehead atoms. The highest BCUT2D eigenvalue weighted by molar-refractivity contribution is 6.33. The summed E-state index contributed by atoms with van der Waals surface area (Å²) >= 11 is 5.97. The maximum absolute atomic E-state index is 12.3. The first-order chi connectivity index (χ1) is 9.52. The number of hydrogen-bond donors (Lipinski definition) is 0. The number of esters is 1. The van der Waals surface area contributed by atoms with Crippen molar-refractivity contribution in [3.05, 3.63) is 16.9 Å². The molecule has 1 fully saturated rings. The molecule has 1 amide bonds. The highest BCUT2D eigenvalue weighted by atomic mass is 35.5. The van der Waals surface area contributed by atoms with Gasteiger partial charge in [-0.25, -0.2) is 0 Å². The summed E-state index contributed by atoms with van der Waals surface area (Å²) in [7, 11) is 1.72. The van der Waals surface area contributed by atoms with Gasteiger partial charge in [-0.15, -0.1) is 0 Å². The smallest absolute Gasteiger partial charge is 0.309 e. The molecule has 1 aromatic heterocycles. The standard InChI is InChI=1S/C13H18ClN3O3/c1-3-20-13(19)9-4-6-17(7-5-9)12(18)11-10(14)8-16(2)15-11/h8-9H,3-7H2,1-2H3. The lowest BCUT2D eigenvalue weighted by atomic mass is 9.97. The molecule has 0 N–H and O–H groups in total. The van der Waals surface area contributed by atoms with Crippen molar-refractivity contribution in [2.24, 2.45) is 13.0 Å². The van der Waals surface area contributed by atoms with Crippen LogP contribution in [0.2, 0.25) is 5.02 Å². The summed E-state index contributed by atoms with van der Waals surface area (Å²) < 4.78 is 6.52. The second-order valence-electron chi connectivity index (χ2n) is 4.82. The van der Waals surface area contributed by atoms with E-state index in [1.807, 2.05) is 0 Å². The summed E-state index contributed by atoms with van der Waals surface area (Å²) in [5, 5.41) is 4.42. The van der Waals surface area contributed by atoms with Gasteiger partial charge in [0, 0.05) is 26.3 Å². The molecule has 1 saturated heterocycles. The van der Waals surface area contributed by atoms with Crippen LogP contribution in [-0.2, 0) is 16.6 Å². The van der Waals surface area contributed by atoms with Gasteiger partial charge >= 0.3 is 5.97 Å². The number of ether oxygens (including phenoxy) is 1. The molecule has 20 heavy (non-hydrogen) atoms. The number of carbonyl (C=O) groups excluding carboxylic acids is 2. The molecule has 110 valence electrons. The third-order valence-corrected chi connectivity index (χ3v) is 3.67. The molecule has 0 aromatic carbocycles. The number of carbonyl (C=O) groups is 2. The number of nitrogens with zero attached hydrogens (tertiary/aromatic N) is 3. The van der Waals surface area contributed by atoms with Crippen molar-refractivity contribution in [2.45, 2.75) is 19.8 Å². The van der Waals surface area contributed by atoms with Crippen molar-refractivity contribution in [1.82, 2.24) is 14.7 Å². The first-order valence-electron chi connectivity index (χ1n) is 6.68. The summed E-state index contributed by atoms with van der Waals surface area (Å²) in [5.41, 5.74) is 0.267. The molecule has 0 spiro atoms. The number of piperidine rings is 1. The Hall–Kier alpha value is -1.56. The number of rotatable bonds is 3. The fourth-order valence-corrected chi connectivity index (χ4v) is 2.59. The van der Waals surface area contributed by atoms with Crippen LogP contribution in [0.3, 0.4) is 0 Å². The van der Waals surface area contributed by atoms with E-state index in [9.17, 15) is 9.59 Å². The summed E-state index contributed by atoms with van der Waals surface area (Å²) in [5.74, 6) is -0.466. The summed E-state index contributed by atoms with van der Waals surface area (Å²) in [6.45, 7) is 3.23. The minimum Gasteiger partial charge on any atom is -0.466 e. The zero-order valence-corrected chi connectivity index (χ0v) is 12.4. The fraction of sp³-hybridized carbons (Fsp3) is 0.615. The van der Waals surface area contributed by atoms with Crippen LogP contribution >= 0.6 is 11.6 Å². The molecule has 0 unspecified atom stereocenters. The maximum atomic E-state index is 12.3. The largest absolute Gasteiger partial charge is 0.466 e. The van der Waals surface area contributed by atoms with E-state index in [4.69, 9.17) is 16.3 Å². The number of hydrogen-bond acceptors (Lipinski definition) is 4. The lowest BCUT2D eigenvalue weighted by Gasteiger charge is -2.30. The van der Waals surface area contributed by atoms with Crippen LogP contribution in [0.4, 0.5) is 0 Å². The van der Waals surface area contributed by atoms with Gasteiger partial charge in [0.25, 0.3) is 5.91 Å². The zero-order valence-electron chi connectivity index (χ0n) is 11.6.